The summed E-state index contributed by atoms with van der Waals surface area (Å²) in [6.07, 6.45) is 10.2. The molecule has 3 heterocycles. The van der Waals surface area contributed by atoms with Crippen molar-refractivity contribution in [2.75, 3.05) is 25.0 Å². The van der Waals surface area contributed by atoms with Gasteiger partial charge in [-0.1, -0.05) is 54.5 Å². The maximum absolute atomic E-state index is 13.5. The molecule has 3 saturated heterocycles. The van der Waals surface area contributed by atoms with E-state index < -0.39 is 0 Å². The summed E-state index contributed by atoms with van der Waals surface area (Å²) >= 11 is 0. The lowest BCUT2D eigenvalue weighted by Crippen LogP contribution is -2.60. The Bertz CT molecular complexity index is 993. The molecule has 6 rings (SSSR count). The molecule has 0 radical (unpaired) electrons. The van der Waals surface area contributed by atoms with E-state index in [1.54, 1.807) is 5.57 Å². The summed E-state index contributed by atoms with van der Waals surface area (Å²) in [6.45, 7) is 3.28. The Labute approximate surface area is 178 Å². The molecule has 2 aromatic rings. The van der Waals surface area contributed by atoms with Gasteiger partial charge in [0.1, 0.15) is 0 Å². The van der Waals surface area contributed by atoms with Crippen LogP contribution in [-0.2, 0) is 0 Å². The summed E-state index contributed by atoms with van der Waals surface area (Å²) in [6, 6.07) is 15.5. The Morgan fingerprint density at radius 1 is 1.00 bits per heavy atom. The summed E-state index contributed by atoms with van der Waals surface area (Å²) in [4.78, 5) is 18.4. The fourth-order valence-corrected chi connectivity index (χ4v) is 6.72. The van der Waals surface area contributed by atoms with Crippen molar-refractivity contribution in [3.63, 3.8) is 0 Å². The minimum Gasteiger partial charge on any atom is -0.317 e. The number of fused-ring (bicyclic) bond motifs is 7. The zero-order valence-electron chi connectivity index (χ0n) is 17.6. The van der Waals surface area contributed by atoms with E-state index in [0.717, 1.165) is 30.1 Å². The third-order valence-corrected chi connectivity index (χ3v) is 7.95. The van der Waals surface area contributed by atoms with Gasteiger partial charge in [0.25, 0.3) is 0 Å². The van der Waals surface area contributed by atoms with E-state index in [9.17, 15) is 4.79 Å². The lowest BCUT2D eigenvalue weighted by atomic mass is 9.68. The first kappa shape index (κ1) is 18.4. The molecule has 4 atom stereocenters. The second-order valence-corrected chi connectivity index (χ2v) is 9.66. The lowest BCUT2D eigenvalue weighted by molar-refractivity contribution is 0.00909. The first-order valence-electron chi connectivity index (χ1n) is 11.8. The lowest BCUT2D eigenvalue weighted by Gasteiger charge is -2.54. The molecule has 1 N–H and O–H groups in total. The molecule has 3 fully saturated rings. The number of benzene rings is 2. The number of nitrogens with zero attached hydrogens (tertiary/aromatic N) is 2. The molecule has 2 aromatic carbocycles. The highest BCUT2D eigenvalue weighted by Gasteiger charge is 2.46. The van der Waals surface area contributed by atoms with Crippen molar-refractivity contribution in [2.45, 2.75) is 50.6 Å². The van der Waals surface area contributed by atoms with E-state index in [1.807, 2.05) is 24.3 Å². The van der Waals surface area contributed by atoms with Gasteiger partial charge in [-0.25, -0.2) is 4.79 Å². The molecule has 4 aliphatic rings. The molecule has 2 bridgehead atoms. The van der Waals surface area contributed by atoms with Gasteiger partial charge in [-0.05, 0) is 61.9 Å². The number of likely N-dealkylation sites (tertiary alicyclic amines) is 1. The maximum atomic E-state index is 13.5. The molecule has 2 amide bonds. The standard InChI is InChI=1S/C26H31N3O/c30-26(27-23-11-5-8-18-7-1-2-10-22(18)23)29-14-6-9-19-15-20-16-21(25(19)29)17-28-13-4-3-12-24(20)28/h1-2,5,7-8,10-11,15,20-21,24-25H,3-4,6,9,12-14,16-17H2,(H,27,30)/t20-,21+,24-,25-/m1/s1. The van der Waals surface area contributed by atoms with Crippen LogP contribution >= 0.6 is 0 Å². The summed E-state index contributed by atoms with van der Waals surface area (Å²) in [7, 11) is 0. The van der Waals surface area contributed by atoms with Gasteiger partial charge in [-0.15, -0.1) is 0 Å². The number of urea groups is 1. The molecular weight excluding hydrogens is 370 g/mol. The van der Waals surface area contributed by atoms with Crippen molar-refractivity contribution in [3.05, 3.63) is 54.1 Å². The highest BCUT2D eigenvalue weighted by Crippen LogP contribution is 2.45. The van der Waals surface area contributed by atoms with E-state index in [-0.39, 0.29) is 12.1 Å². The van der Waals surface area contributed by atoms with Crippen LogP contribution in [0, 0.1) is 11.8 Å². The normalized spacial score (nSPS) is 30.9. The monoisotopic (exact) mass is 401 g/mol. The van der Waals surface area contributed by atoms with Crippen molar-refractivity contribution in [1.29, 1.82) is 0 Å². The summed E-state index contributed by atoms with van der Waals surface area (Å²) < 4.78 is 0. The van der Waals surface area contributed by atoms with Gasteiger partial charge in [0.05, 0.1) is 11.7 Å². The number of rotatable bonds is 1. The highest BCUT2D eigenvalue weighted by atomic mass is 16.2. The SMILES string of the molecule is O=C(Nc1cccc2ccccc12)N1CCCC2=C[C@@H]3C[C@@H](CN4CCCC[C@H]34)[C@@H]21. The number of piperidine rings is 3. The fraction of sp³-hybridized carbons (Fsp3) is 0.500. The molecule has 0 spiro atoms. The van der Waals surface area contributed by atoms with Crippen molar-refractivity contribution in [1.82, 2.24) is 9.80 Å². The molecule has 4 heteroatoms. The predicted molar refractivity (Wildman–Crippen MR) is 122 cm³/mol. The Hall–Kier alpha value is -2.33. The average molecular weight is 402 g/mol. The predicted octanol–water partition coefficient (Wildman–Crippen LogP) is 5.27. The van der Waals surface area contributed by atoms with Crippen LogP contribution in [0.15, 0.2) is 54.1 Å². The first-order valence-corrected chi connectivity index (χ1v) is 11.8. The summed E-state index contributed by atoms with van der Waals surface area (Å²) in [5, 5.41) is 5.54. The van der Waals surface area contributed by atoms with Gasteiger partial charge in [0.2, 0.25) is 0 Å². The molecule has 4 nitrogen and oxygen atoms in total. The number of amides is 2. The van der Waals surface area contributed by atoms with Crippen LogP contribution in [0.5, 0.6) is 0 Å². The number of nitrogens with one attached hydrogen (secondary N) is 1. The second-order valence-electron chi connectivity index (χ2n) is 9.66. The largest absolute Gasteiger partial charge is 0.322 e. The number of anilines is 1. The Morgan fingerprint density at radius 3 is 2.87 bits per heavy atom. The topological polar surface area (TPSA) is 35.6 Å². The van der Waals surface area contributed by atoms with E-state index in [2.05, 4.69) is 39.4 Å². The first-order chi connectivity index (χ1) is 14.8. The molecule has 156 valence electrons. The van der Waals surface area contributed by atoms with Crippen LogP contribution in [0.2, 0.25) is 0 Å². The molecular formula is C26H31N3O. The molecule has 3 aliphatic heterocycles. The van der Waals surface area contributed by atoms with E-state index in [1.165, 1.54) is 50.6 Å². The fourth-order valence-electron chi connectivity index (χ4n) is 6.72. The third kappa shape index (κ3) is 3.04. The Balaban J connectivity index is 1.28. The van der Waals surface area contributed by atoms with Crippen molar-refractivity contribution in [2.24, 2.45) is 11.8 Å². The van der Waals surface area contributed by atoms with Gasteiger partial charge < -0.3 is 10.2 Å². The summed E-state index contributed by atoms with van der Waals surface area (Å²) in [5.74, 6) is 1.29. The molecule has 0 saturated carbocycles. The van der Waals surface area contributed by atoms with Crippen molar-refractivity contribution < 1.29 is 4.79 Å². The maximum Gasteiger partial charge on any atom is 0.322 e. The van der Waals surface area contributed by atoms with Crippen LogP contribution in [0.3, 0.4) is 0 Å². The van der Waals surface area contributed by atoms with Gasteiger partial charge in [0, 0.05) is 24.5 Å². The van der Waals surface area contributed by atoms with E-state index in [4.69, 9.17) is 0 Å². The van der Waals surface area contributed by atoms with Gasteiger partial charge in [-0.2, -0.15) is 0 Å². The smallest absolute Gasteiger partial charge is 0.317 e. The van der Waals surface area contributed by atoms with Crippen LogP contribution in [0.4, 0.5) is 10.5 Å². The Morgan fingerprint density at radius 2 is 1.90 bits per heavy atom. The molecule has 30 heavy (non-hydrogen) atoms. The number of carbonyl (C=O) groups is 1. The van der Waals surface area contributed by atoms with Gasteiger partial charge in [-0.3, -0.25) is 4.90 Å². The second kappa shape index (κ2) is 7.42. The minimum atomic E-state index is 0.0705. The van der Waals surface area contributed by atoms with Crippen molar-refractivity contribution >= 4 is 22.5 Å². The van der Waals surface area contributed by atoms with E-state index >= 15 is 0 Å². The quantitative estimate of drug-likeness (QED) is 0.661. The highest BCUT2D eigenvalue weighted by molar-refractivity contribution is 6.01. The molecule has 0 unspecified atom stereocenters. The van der Waals surface area contributed by atoms with Crippen LogP contribution in [0.25, 0.3) is 10.8 Å². The summed E-state index contributed by atoms with van der Waals surface area (Å²) in [5.41, 5.74) is 2.46. The van der Waals surface area contributed by atoms with Gasteiger partial charge >= 0.3 is 6.03 Å². The third-order valence-electron chi connectivity index (χ3n) is 7.95. The zero-order valence-corrected chi connectivity index (χ0v) is 17.6. The van der Waals surface area contributed by atoms with E-state index in [0.29, 0.717) is 11.8 Å². The molecule has 1 aliphatic carbocycles. The minimum absolute atomic E-state index is 0.0705. The van der Waals surface area contributed by atoms with Crippen molar-refractivity contribution in [3.8, 4) is 0 Å². The average Bonchev–Trinajstić information content (AvgIpc) is 2.79. The zero-order chi connectivity index (χ0) is 20.1. The number of hydrogen-bond acceptors (Lipinski definition) is 2. The number of carbonyl (C=O) groups excluding carboxylic acids is 1. The molecule has 0 aromatic heterocycles. The van der Waals surface area contributed by atoms with Crippen LogP contribution < -0.4 is 5.32 Å². The van der Waals surface area contributed by atoms with Gasteiger partial charge in [0.15, 0.2) is 0 Å². The number of hydrogen-bond donors (Lipinski definition) is 1. The Kier molecular flexibility index (Phi) is 4.56. The van der Waals surface area contributed by atoms with Crippen LogP contribution in [-0.4, -0.2) is 47.5 Å². The van der Waals surface area contributed by atoms with Crippen LogP contribution in [0.1, 0.15) is 38.5 Å².